The van der Waals surface area contributed by atoms with E-state index in [9.17, 15) is 4.79 Å². The zero-order valence-corrected chi connectivity index (χ0v) is 12.7. The molecule has 0 aliphatic carbocycles. The average Bonchev–Trinajstić information content (AvgIpc) is 2.34. The molecular formula is C14H22ClN3O. The minimum Gasteiger partial charge on any atom is -0.336 e. The predicted octanol–water partition coefficient (Wildman–Crippen LogP) is 2.48. The van der Waals surface area contributed by atoms with Gasteiger partial charge >= 0.3 is 6.03 Å². The molecule has 0 atom stereocenters. The van der Waals surface area contributed by atoms with Crippen molar-refractivity contribution in [1.82, 2.24) is 15.5 Å². The zero-order chi connectivity index (χ0) is 14.5. The Kier molecular flexibility index (Phi) is 5.63. The summed E-state index contributed by atoms with van der Waals surface area (Å²) in [7, 11) is 3.98. The van der Waals surface area contributed by atoms with Crippen molar-refractivity contribution in [3.05, 3.63) is 34.9 Å². The van der Waals surface area contributed by atoms with Gasteiger partial charge in [-0.1, -0.05) is 23.7 Å². The summed E-state index contributed by atoms with van der Waals surface area (Å²) in [6.45, 7) is 5.20. The van der Waals surface area contributed by atoms with Crippen molar-refractivity contribution in [3.63, 3.8) is 0 Å². The van der Waals surface area contributed by atoms with Gasteiger partial charge in [0.25, 0.3) is 0 Å². The van der Waals surface area contributed by atoms with E-state index >= 15 is 0 Å². The minimum absolute atomic E-state index is 0.0760. The Labute approximate surface area is 120 Å². The van der Waals surface area contributed by atoms with Crippen LogP contribution in [0.15, 0.2) is 24.3 Å². The molecule has 1 aromatic carbocycles. The quantitative estimate of drug-likeness (QED) is 0.872. The van der Waals surface area contributed by atoms with E-state index in [2.05, 4.69) is 29.4 Å². The first-order chi connectivity index (χ1) is 8.81. The SMILES string of the molecule is CN(C)C(C)(C)CNC(=O)NCc1cccc(Cl)c1. The van der Waals surface area contributed by atoms with Crippen molar-refractivity contribution in [2.24, 2.45) is 0 Å². The van der Waals surface area contributed by atoms with Crippen LogP contribution >= 0.6 is 11.6 Å². The van der Waals surface area contributed by atoms with Crippen molar-refractivity contribution >= 4 is 17.6 Å². The first-order valence-electron chi connectivity index (χ1n) is 6.25. The molecule has 0 fully saturated rings. The summed E-state index contributed by atoms with van der Waals surface area (Å²) in [5.41, 5.74) is 0.905. The van der Waals surface area contributed by atoms with E-state index in [1.807, 2.05) is 38.4 Å². The summed E-state index contributed by atoms with van der Waals surface area (Å²) in [6, 6.07) is 7.27. The lowest BCUT2D eigenvalue weighted by molar-refractivity contribution is 0.186. The molecule has 0 aliphatic heterocycles. The molecule has 0 bridgehead atoms. The maximum atomic E-state index is 11.7. The summed E-state index contributed by atoms with van der Waals surface area (Å²) in [4.78, 5) is 13.8. The van der Waals surface area contributed by atoms with Crippen LogP contribution < -0.4 is 10.6 Å². The first-order valence-corrected chi connectivity index (χ1v) is 6.62. The molecule has 0 radical (unpaired) electrons. The fourth-order valence-corrected chi connectivity index (χ4v) is 1.56. The molecule has 1 rings (SSSR count). The van der Waals surface area contributed by atoms with Crippen molar-refractivity contribution in [3.8, 4) is 0 Å². The third-order valence-electron chi connectivity index (χ3n) is 3.23. The second kappa shape index (κ2) is 6.78. The van der Waals surface area contributed by atoms with Crippen LogP contribution in [0.2, 0.25) is 5.02 Å². The van der Waals surface area contributed by atoms with Gasteiger partial charge in [0.15, 0.2) is 0 Å². The lowest BCUT2D eigenvalue weighted by Gasteiger charge is -2.32. The lowest BCUT2D eigenvalue weighted by Crippen LogP contribution is -2.50. The number of urea groups is 1. The molecule has 0 aliphatic rings. The number of rotatable bonds is 5. The lowest BCUT2D eigenvalue weighted by atomic mass is 10.1. The van der Waals surface area contributed by atoms with Gasteiger partial charge in [-0.15, -0.1) is 0 Å². The molecule has 106 valence electrons. The molecule has 1 aromatic rings. The van der Waals surface area contributed by atoms with Gasteiger partial charge < -0.3 is 15.5 Å². The van der Waals surface area contributed by atoms with Crippen LogP contribution in [-0.4, -0.2) is 37.1 Å². The van der Waals surface area contributed by atoms with E-state index in [4.69, 9.17) is 11.6 Å². The predicted molar refractivity (Wildman–Crippen MR) is 79.5 cm³/mol. The Balaban J connectivity index is 2.36. The largest absolute Gasteiger partial charge is 0.336 e. The highest BCUT2D eigenvalue weighted by atomic mass is 35.5. The Morgan fingerprint density at radius 1 is 1.32 bits per heavy atom. The van der Waals surface area contributed by atoms with E-state index in [1.165, 1.54) is 0 Å². The molecule has 0 unspecified atom stereocenters. The van der Waals surface area contributed by atoms with Crippen LogP contribution in [0.4, 0.5) is 4.79 Å². The molecule has 0 saturated heterocycles. The van der Waals surface area contributed by atoms with Crippen LogP contribution in [-0.2, 0) is 6.54 Å². The summed E-state index contributed by atoms with van der Waals surface area (Å²) in [5, 5.41) is 6.35. The topological polar surface area (TPSA) is 44.4 Å². The number of likely N-dealkylation sites (N-methyl/N-ethyl adjacent to an activating group) is 1. The van der Waals surface area contributed by atoms with Crippen molar-refractivity contribution in [2.45, 2.75) is 25.9 Å². The highest BCUT2D eigenvalue weighted by molar-refractivity contribution is 6.30. The Morgan fingerprint density at radius 2 is 2.00 bits per heavy atom. The van der Waals surface area contributed by atoms with Gasteiger partial charge in [-0.2, -0.15) is 0 Å². The average molecular weight is 284 g/mol. The molecule has 0 heterocycles. The smallest absolute Gasteiger partial charge is 0.315 e. The van der Waals surface area contributed by atoms with E-state index < -0.39 is 0 Å². The van der Waals surface area contributed by atoms with Crippen LogP contribution in [0.3, 0.4) is 0 Å². The van der Waals surface area contributed by atoms with Gasteiger partial charge in [-0.05, 0) is 45.6 Å². The van der Waals surface area contributed by atoms with Gasteiger partial charge in [0.2, 0.25) is 0 Å². The summed E-state index contributed by atoms with van der Waals surface area (Å²) >= 11 is 5.88. The Morgan fingerprint density at radius 3 is 2.58 bits per heavy atom. The van der Waals surface area contributed by atoms with Crippen LogP contribution in [0.5, 0.6) is 0 Å². The zero-order valence-electron chi connectivity index (χ0n) is 12.0. The number of carbonyl (C=O) groups excluding carboxylic acids is 1. The van der Waals surface area contributed by atoms with Crippen LogP contribution in [0.1, 0.15) is 19.4 Å². The number of nitrogens with one attached hydrogen (secondary N) is 2. The van der Waals surface area contributed by atoms with E-state index in [-0.39, 0.29) is 11.6 Å². The van der Waals surface area contributed by atoms with Crippen molar-refractivity contribution in [2.75, 3.05) is 20.6 Å². The van der Waals surface area contributed by atoms with Gasteiger partial charge in [0.05, 0.1) is 0 Å². The Bertz CT molecular complexity index is 432. The maximum absolute atomic E-state index is 11.7. The van der Waals surface area contributed by atoms with Gasteiger partial charge in [-0.3, -0.25) is 0 Å². The monoisotopic (exact) mass is 283 g/mol. The van der Waals surface area contributed by atoms with Crippen LogP contribution in [0, 0.1) is 0 Å². The molecule has 0 aromatic heterocycles. The maximum Gasteiger partial charge on any atom is 0.315 e. The number of benzene rings is 1. The molecule has 2 amide bonds. The normalized spacial score (nSPS) is 11.5. The highest BCUT2D eigenvalue weighted by Crippen LogP contribution is 2.10. The summed E-state index contributed by atoms with van der Waals surface area (Å²) < 4.78 is 0. The molecule has 0 spiro atoms. The number of amides is 2. The molecule has 5 heteroatoms. The van der Waals surface area contributed by atoms with Crippen LogP contribution in [0.25, 0.3) is 0 Å². The van der Waals surface area contributed by atoms with E-state index in [0.29, 0.717) is 18.1 Å². The number of nitrogens with zero attached hydrogens (tertiary/aromatic N) is 1. The second-order valence-electron chi connectivity index (χ2n) is 5.37. The number of hydrogen-bond donors (Lipinski definition) is 2. The van der Waals surface area contributed by atoms with E-state index in [1.54, 1.807) is 0 Å². The van der Waals surface area contributed by atoms with Crippen molar-refractivity contribution < 1.29 is 4.79 Å². The van der Waals surface area contributed by atoms with Gasteiger partial charge in [0, 0.05) is 23.7 Å². The number of carbonyl (C=O) groups is 1. The van der Waals surface area contributed by atoms with E-state index in [0.717, 1.165) is 5.56 Å². The number of hydrogen-bond acceptors (Lipinski definition) is 2. The third kappa shape index (κ3) is 5.49. The molecule has 19 heavy (non-hydrogen) atoms. The van der Waals surface area contributed by atoms with Gasteiger partial charge in [0.1, 0.15) is 0 Å². The molecular weight excluding hydrogens is 262 g/mol. The first kappa shape index (κ1) is 15.8. The van der Waals surface area contributed by atoms with Gasteiger partial charge in [-0.25, -0.2) is 4.79 Å². The highest BCUT2D eigenvalue weighted by Gasteiger charge is 2.20. The molecule has 4 nitrogen and oxygen atoms in total. The molecule has 0 saturated carbocycles. The fraction of sp³-hybridized carbons (Fsp3) is 0.500. The molecule has 2 N–H and O–H groups in total. The minimum atomic E-state index is -0.171. The summed E-state index contributed by atoms with van der Waals surface area (Å²) in [5.74, 6) is 0. The third-order valence-corrected chi connectivity index (χ3v) is 3.47. The Hall–Kier alpha value is -1.26. The standard InChI is InChI=1S/C14H22ClN3O/c1-14(2,18(3)4)10-17-13(19)16-9-11-6-5-7-12(15)8-11/h5-8H,9-10H2,1-4H3,(H2,16,17,19). The number of halogens is 1. The van der Waals surface area contributed by atoms with Crippen molar-refractivity contribution in [1.29, 1.82) is 0 Å². The summed E-state index contributed by atoms with van der Waals surface area (Å²) in [6.07, 6.45) is 0. The second-order valence-corrected chi connectivity index (χ2v) is 5.81. The fourth-order valence-electron chi connectivity index (χ4n) is 1.35.